The largest absolute Gasteiger partial charge is 0.448 e. The molecule has 0 aliphatic heterocycles. The standard InChI is InChI=1S/C16H19N3O3/c1-10(15(20)17-11-6-2-3-7-11)22-16(21)14-12-8-4-5-9-13(12)18-19-14/h4-5,8-11H,2-3,6-7H2,1H3,(H,17,20)(H,18,19)/t10-/m0/s1. The van der Waals surface area contributed by atoms with Crippen LogP contribution in [0.1, 0.15) is 43.1 Å². The summed E-state index contributed by atoms with van der Waals surface area (Å²) in [5.74, 6) is -0.841. The van der Waals surface area contributed by atoms with Gasteiger partial charge in [-0.05, 0) is 25.8 Å². The Bertz CT molecular complexity index is 689. The number of H-pyrrole nitrogens is 1. The Labute approximate surface area is 128 Å². The maximum Gasteiger partial charge on any atom is 0.360 e. The summed E-state index contributed by atoms with van der Waals surface area (Å²) in [6.45, 7) is 1.58. The average molecular weight is 301 g/mol. The number of nitrogens with zero attached hydrogens (tertiary/aromatic N) is 1. The Balaban J connectivity index is 1.64. The molecular formula is C16H19N3O3. The van der Waals surface area contributed by atoms with E-state index in [1.54, 1.807) is 13.0 Å². The summed E-state index contributed by atoms with van der Waals surface area (Å²) < 4.78 is 5.24. The van der Waals surface area contributed by atoms with Gasteiger partial charge in [-0.25, -0.2) is 4.79 Å². The fraction of sp³-hybridized carbons (Fsp3) is 0.438. The first-order valence-corrected chi connectivity index (χ1v) is 7.59. The van der Waals surface area contributed by atoms with Crippen LogP contribution in [0.5, 0.6) is 0 Å². The molecule has 116 valence electrons. The lowest BCUT2D eigenvalue weighted by Crippen LogP contribution is -2.40. The Kier molecular flexibility index (Phi) is 4.09. The van der Waals surface area contributed by atoms with E-state index in [0.717, 1.165) is 31.2 Å². The van der Waals surface area contributed by atoms with Crippen molar-refractivity contribution in [2.45, 2.75) is 44.8 Å². The number of hydrogen-bond donors (Lipinski definition) is 2. The van der Waals surface area contributed by atoms with Crippen molar-refractivity contribution in [1.29, 1.82) is 0 Å². The van der Waals surface area contributed by atoms with Gasteiger partial charge >= 0.3 is 5.97 Å². The third-order valence-electron chi connectivity index (χ3n) is 4.02. The van der Waals surface area contributed by atoms with E-state index in [0.29, 0.717) is 5.39 Å². The van der Waals surface area contributed by atoms with Crippen molar-refractivity contribution in [2.75, 3.05) is 0 Å². The Morgan fingerprint density at radius 1 is 1.32 bits per heavy atom. The molecule has 1 amide bonds. The summed E-state index contributed by atoms with van der Waals surface area (Å²) in [6, 6.07) is 7.51. The highest BCUT2D eigenvalue weighted by atomic mass is 16.5. The van der Waals surface area contributed by atoms with Crippen LogP contribution in [0.15, 0.2) is 24.3 Å². The van der Waals surface area contributed by atoms with E-state index in [1.165, 1.54) is 0 Å². The number of aromatic nitrogens is 2. The molecule has 6 nitrogen and oxygen atoms in total. The van der Waals surface area contributed by atoms with Crippen LogP contribution in [-0.4, -0.2) is 34.2 Å². The highest BCUT2D eigenvalue weighted by molar-refractivity contribution is 6.02. The van der Waals surface area contributed by atoms with Gasteiger partial charge in [-0.2, -0.15) is 5.10 Å². The summed E-state index contributed by atoms with van der Waals surface area (Å²) in [6.07, 6.45) is 3.44. The zero-order valence-corrected chi connectivity index (χ0v) is 12.5. The molecule has 0 radical (unpaired) electrons. The summed E-state index contributed by atoms with van der Waals surface area (Å²) in [4.78, 5) is 24.2. The highest BCUT2D eigenvalue weighted by Gasteiger charge is 2.25. The van der Waals surface area contributed by atoms with E-state index in [1.807, 2.05) is 18.2 Å². The molecule has 3 rings (SSSR count). The molecule has 1 aromatic carbocycles. The number of fused-ring (bicyclic) bond motifs is 1. The topological polar surface area (TPSA) is 84.1 Å². The molecule has 1 atom stereocenters. The summed E-state index contributed by atoms with van der Waals surface area (Å²) in [5.41, 5.74) is 0.966. The van der Waals surface area contributed by atoms with E-state index in [9.17, 15) is 9.59 Å². The van der Waals surface area contributed by atoms with Crippen LogP contribution in [0.2, 0.25) is 0 Å². The number of rotatable bonds is 4. The first-order valence-electron chi connectivity index (χ1n) is 7.59. The third-order valence-corrected chi connectivity index (χ3v) is 4.02. The van der Waals surface area contributed by atoms with Crippen LogP contribution in [0.3, 0.4) is 0 Å². The van der Waals surface area contributed by atoms with Gasteiger partial charge in [0.25, 0.3) is 5.91 Å². The van der Waals surface area contributed by atoms with Crippen molar-refractivity contribution in [3.63, 3.8) is 0 Å². The van der Waals surface area contributed by atoms with Gasteiger partial charge in [0.15, 0.2) is 11.8 Å². The third kappa shape index (κ3) is 2.95. The van der Waals surface area contributed by atoms with Crippen molar-refractivity contribution < 1.29 is 14.3 Å². The van der Waals surface area contributed by atoms with Crippen LogP contribution < -0.4 is 5.32 Å². The van der Waals surface area contributed by atoms with Gasteiger partial charge < -0.3 is 10.1 Å². The van der Waals surface area contributed by atoms with Crippen LogP contribution in [-0.2, 0) is 9.53 Å². The highest BCUT2D eigenvalue weighted by Crippen LogP contribution is 2.19. The number of benzene rings is 1. The molecule has 0 spiro atoms. The molecule has 1 fully saturated rings. The van der Waals surface area contributed by atoms with E-state index in [4.69, 9.17) is 4.74 Å². The molecule has 0 unspecified atom stereocenters. The van der Waals surface area contributed by atoms with Crippen LogP contribution in [0.25, 0.3) is 10.9 Å². The zero-order chi connectivity index (χ0) is 15.5. The van der Waals surface area contributed by atoms with Crippen LogP contribution in [0, 0.1) is 0 Å². The van der Waals surface area contributed by atoms with E-state index in [2.05, 4.69) is 15.5 Å². The predicted molar refractivity (Wildman–Crippen MR) is 81.4 cm³/mol. The summed E-state index contributed by atoms with van der Waals surface area (Å²) in [5, 5.41) is 10.4. The van der Waals surface area contributed by atoms with Gasteiger partial charge in [0.1, 0.15) is 0 Å². The maximum atomic E-state index is 12.2. The van der Waals surface area contributed by atoms with Gasteiger partial charge in [-0.15, -0.1) is 0 Å². The molecule has 2 aromatic rings. The van der Waals surface area contributed by atoms with E-state index in [-0.39, 0.29) is 17.6 Å². The number of para-hydroxylation sites is 1. The number of aromatic amines is 1. The molecular weight excluding hydrogens is 282 g/mol. The van der Waals surface area contributed by atoms with Gasteiger partial charge in [-0.3, -0.25) is 9.89 Å². The Hall–Kier alpha value is -2.37. The molecule has 2 N–H and O–H groups in total. The van der Waals surface area contributed by atoms with Crippen molar-refractivity contribution in [3.8, 4) is 0 Å². The van der Waals surface area contributed by atoms with Gasteiger partial charge in [-0.1, -0.05) is 31.0 Å². The van der Waals surface area contributed by atoms with Crippen molar-refractivity contribution in [3.05, 3.63) is 30.0 Å². The zero-order valence-electron chi connectivity index (χ0n) is 12.5. The Morgan fingerprint density at radius 3 is 2.82 bits per heavy atom. The number of hydrogen-bond acceptors (Lipinski definition) is 4. The number of amides is 1. The molecule has 22 heavy (non-hydrogen) atoms. The normalized spacial score (nSPS) is 16.6. The van der Waals surface area contributed by atoms with Gasteiger partial charge in [0.05, 0.1) is 5.52 Å². The second-order valence-corrected chi connectivity index (χ2v) is 5.66. The predicted octanol–water partition coefficient (Wildman–Crippen LogP) is 2.17. The van der Waals surface area contributed by atoms with Crippen LogP contribution in [0.4, 0.5) is 0 Å². The first kappa shape index (κ1) is 14.6. The minimum Gasteiger partial charge on any atom is -0.448 e. The molecule has 1 aliphatic carbocycles. The minimum absolute atomic E-state index is 0.205. The molecule has 1 heterocycles. The molecule has 1 saturated carbocycles. The number of carbonyl (C=O) groups is 2. The lowest BCUT2D eigenvalue weighted by molar-refractivity contribution is -0.129. The maximum absolute atomic E-state index is 12.2. The van der Waals surface area contributed by atoms with Crippen molar-refractivity contribution >= 4 is 22.8 Å². The van der Waals surface area contributed by atoms with Gasteiger partial charge in [0.2, 0.25) is 0 Å². The number of ether oxygens (including phenoxy) is 1. The van der Waals surface area contributed by atoms with Crippen molar-refractivity contribution in [1.82, 2.24) is 15.5 Å². The average Bonchev–Trinajstić information content (AvgIpc) is 3.15. The lowest BCUT2D eigenvalue weighted by atomic mass is 10.2. The summed E-state index contributed by atoms with van der Waals surface area (Å²) in [7, 11) is 0. The number of nitrogens with one attached hydrogen (secondary N) is 2. The quantitative estimate of drug-likeness (QED) is 0.848. The molecule has 1 aromatic heterocycles. The first-order chi connectivity index (χ1) is 10.6. The summed E-state index contributed by atoms with van der Waals surface area (Å²) >= 11 is 0. The molecule has 6 heteroatoms. The minimum atomic E-state index is -0.830. The smallest absolute Gasteiger partial charge is 0.360 e. The molecule has 1 aliphatic rings. The second kappa shape index (κ2) is 6.17. The molecule has 0 bridgehead atoms. The SMILES string of the molecule is C[C@H](OC(=O)c1n[nH]c2ccccc12)C(=O)NC1CCCC1. The fourth-order valence-corrected chi connectivity index (χ4v) is 2.78. The van der Waals surface area contributed by atoms with Crippen molar-refractivity contribution in [2.24, 2.45) is 0 Å². The number of esters is 1. The monoisotopic (exact) mass is 301 g/mol. The fourth-order valence-electron chi connectivity index (χ4n) is 2.78. The van der Waals surface area contributed by atoms with E-state index >= 15 is 0 Å². The van der Waals surface area contributed by atoms with Crippen LogP contribution >= 0.6 is 0 Å². The van der Waals surface area contributed by atoms with E-state index < -0.39 is 12.1 Å². The number of carbonyl (C=O) groups excluding carboxylic acids is 2. The lowest BCUT2D eigenvalue weighted by Gasteiger charge is -2.16. The van der Waals surface area contributed by atoms with Gasteiger partial charge in [0, 0.05) is 11.4 Å². The Morgan fingerprint density at radius 2 is 2.05 bits per heavy atom. The second-order valence-electron chi connectivity index (χ2n) is 5.66. The molecule has 0 saturated heterocycles.